The number of ether oxygens (including phenoxy) is 1. The largest absolute Gasteiger partial charge is 0.496 e. The highest BCUT2D eigenvalue weighted by atomic mass is 79.9. The molecular weight excluding hydrogens is 326 g/mol. The maximum atomic E-state index is 6.45. The summed E-state index contributed by atoms with van der Waals surface area (Å²) < 4.78 is 6.23. The molecule has 0 saturated carbocycles. The quantitative estimate of drug-likeness (QED) is 0.875. The zero-order valence-electron chi connectivity index (χ0n) is 13.0. The number of hydrogen-bond donors (Lipinski definition) is 1. The van der Waals surface area contributed by atoms with Crippen molar-refractivity contribution in [2.45, 2.75) is 33.2 Å². The molecular formula is C18H22BrNO. The Morgan fingerprint density at radius 2 is 1.71 bits per heavy atom. The predicted octanol–water partition coefficient (Wildman–Crippen LogP) is 4.63. The molecule has 2 aromatic carbocycles. The van der Waals surface area contributed by atoms with Gasteiger partial charge in [0.1, 0.15) is 5.75 Å². The Bertz CT molecular complexity index is 629. The standard InChI is InChI=1S/C18H22BrNO/c1-11-7-12(2)18(13(3)8-11)16(20)10-14-5-6-17(21-4)15(19)9-14/h5-9,16H,10,20H2,1-4H3. The second-order valence-electron chi connectivity index (χ2n) is 5.59. The summed E-state index contributed by atoms with van der Waals surface area (Å²) in [5.74, 6) is 0.843. The maximum Gasteiger partial charge on any atom is 0.133 e. The number of rotatable bonds is 4. The number of halogens is 1. The van der Waals surface area contributed by atoms with Crippen LogP contribution in [0.2, 0.25) is 0 Å². The van der Waals surface area contributed by atoms with Crippen LogP contribution in [-0.2, 0) is 6.42 Å². The van der Waals surface area contributed by atoms with Crippen molar-refractivity contribution in [2.24, 2.45) is 5.73 Å². The van der Waals surface area contributed by atoms with Crippen LogP contribution in [0.1, 0.15) is 33.9 Å². The Kier molecular flexibility index (Phi) is 5.07. The predicted molar refractivity (Wildman–Crippen MR) is 92.0 cm³/mol. The summed E-state index contributed by atoms with van der Waals surface area (Å²) >= 11 is 3.53. The van der Waals surface area contributed by atoms with Crippen molar-refractivity contribution < 1.29 is 4.74 Å². The second kappa shape index (κ2) is 6.63. The number of nitrogens with two attached hydrogens (primary N) is 1. The first-order valence-corrected chi connectivity index (χ1v) is 7.87. The fourth-order valence-electron chi connectivity index (χ4n) is 2.97. The zero-order chi connectivity index (χ0) is 15.6. The Morgan fingerprint density at radius 3 is 2.24 bits per heavy atom. The Balaban J connectivity index is 2.26. The third kappa shape index (κ3) is 3.66. The number of benzene rings is 2. The van der Waals surface area contributed by atoms with Crippen molar-refractivity contribution in [1.29, 1.82) is 0 Å². The molecule has 1 atom stereocenters. The van der Waals surface area contributed by atoms with Crippen LogP contribution in [0.4, 0.5) is 0 Å². The molecule has 0 aliphatic carbocycles. The Labute approximate surface area is 135 Å². The third-order valence-electron chi connectivity index (χ3n) is 3.78. The van der Waals surface area contributed by atoms with Crippen LogP contribution in [0.3, 0.4) is 0 Å². The van der Waals surface area contributed by atoms with Gasteiger partial charge in [-0.05, 0) is 77.5 Å². The molecule has 0 saturated heterocycles. The lowest BCUT2D eigenvalue weighted by Gasteiger charge is -2.19. The lowest BCUT2D eigenvalue weighted by Crippen LogP contribution is -2.16. The van der Waals surface area contributed by atoms with Gasteiger partial charge < -0.3 is 10.5 Å². The van der Waals surface area contributed by atoms with E-state index in [1.54, 1.807) is 7.11 Å². The first-order chi connectivity index (χ1) is 9.92. The minimum Gasteiger partial charge on any atom is -0.496 e. The van der Waals surface area contributed by atoms with Crippen LogP contribution in [0.15, 0.2) is 34.8 Å². The summed E-state index contributed by atoms with van der Waals surface area (Å²) in [6, 6.07) is 10.5. The van der Waals surface area contributed by atoms with E-state index < -0.39 is 0 Å². The van der Waals surface area contributed by atoms with Crippen LogP contribution < -0.4 is 10.5 Å². The average Bonchev–Trinajstić information content (AvgIpc) is 2.37. The summed E-state index contributed by atoms with van der Waals surface area (Å²) in [5.41, 5.74) is 12.7. The van der Waals surface area contributed by atoms with E-state index in [4.69, 9.17) is 10.5 Å². The first kappa shape index (κ1) is 16.1. The van der Waals surface area contributed by atoms with Crippen LogP contribution in [-0.4, -0.2) is 7.11 Å². The van der Waals surface area contributed by atoms with Crippen molar-refractivity contribution in [1.82, 2.24) is 0 Å². The lowest BCUT2D eigenvalue weighted by molar-refractivity contribution is 0.412. The molecule has 0 bridgehead atoms. The van der Waals surface area contributed by atoms with Gasteiger partial charge >= 0.3 is 0 Å². The van der Waals surface area contributed by atoms with E-state index in [2.05, 4.69) is 61.0 Å². The van der Waals surface area contributed by atoms with Gasteiger partial charge in [0.2, 0.25) is 0 Å². The molecule has 2 rings (SSSR count). The van der Waals surface area contributed by atoms with Gasteiger partial charge in [-0.3, -0.25) is 0 Å². The molecule has 0 fully saturated rings. The Hall–Kier alpha value is -1.32. The second-order valence-corrected chi connectivity index (χ2v) is 6.45. The Morgan fingerprint density at radius 1 is 1.10 bits per heavy atom. The van der Waals surface area contributed by atoms with E-state index in [0.717, 1.165) is 16.6 Å². The number of methoxy groups -OCH3 is 1. The van der Waals surface area contributed by atoms with Gasteiger partial charge in [-0.2, -0.15) is 0 Å². The molecule has 0 aromatic heterocycles. The molecule has 0 aliphatic rings. The van der Waals surface area contributed by atoms with Gasteiger partial charge in [0.15, 0.2) is 0 Å². The van der Waals surface area contributed by atoms with Gasteiger partial charge in [0.05, 0.1) is 11.6 Å². The summed E-state index contributed by atoms with van der Waals surface area (Å²) in [6.45, 7) is 6.40. The topological polar surface area (TPSA) is 35.2 Å². The first-order valence-electron chi connectivity index (χ1n) is 7.08. The summed E-state index contributed by atoms with van der Waals surface area (Å²) in [5, 5.41) is 0. The van der Waals surface area contributed by atoms with Crippen LogP contribution in [0, 0.1) is 20.8 Å². The highest BCUT2D eigenvalue weighted by molar-refractivity contribution is 9.10. The molecule has 112 valence electrons. The van der Waals surface area contributed by atoms with Gasteiger partial charge in [0, 0.05) is 6.04 Å². The number of hydrogen-bond acceptors (Lipinski definition) is 2. The van der Waals surface area contributed by atoms with Crippen LogP contribution >= 0.6 is 15.9 Å². The molecule has 2 N–H and O–H groups in total. The van der Waals surface area contributed by atoms with Gasteiger partial charge in [0.25, 0.3) is 0 Å². The average molecular weight is 348 g/mol. The third-order valence-corrected chi connectivity index (χ3v) is 4.40. The summed E-state index contributed by atoms with van der Waals surface area (Å²) in [7, 11) is 1.67. The van der Waals surface area contributed by atoms with Gasteiger partial charge in [-0.25, -0.2) is 0 Å². The van der Waals surface area contributed by atoms with E-state index in [-0.39, 0.29) is 6.04 Å². The van der Waals surface area contributed by atoms with Crippen molar-refractivity contribution in [3.63, 3.8) is 0 Å². The molecule has 2 aromatic rings. The van der Waals surface area contributed by atoms with Gasteiger partial charge in [-0.15, -0.1) is 0 Å². The van der Waals surface area contributed by atoms with Crippen molar-refractivity contribution >= 4 is 15.9 Å². The molecule has 0 aliphatic heterocycles. The summed E-state index contributed by atoms with van der Waals surface area (Å²) in [6.07, 6.45) is 0.813. The minimum atomic E-state index is 0.00546. The normalized spacial score (nSPS) is 12.3. The highest BCUT2D eigenvalue weighted by Gasteiger charge is 2.14. The van der Waals surface area contributed by atoms with Crippen LogP contribution in [0.25, 0.3) is 0 Å². The van der Waals surface area contributed by atoms with Crippen LogP contribution in [0.5, 0.6) is 5.75 Å². The van der Waals surface area contributed by atoms with E-state index in [1.807, 2.05) is 6.07 Å². The molecule has 2 nitrogen and oxygen atoms in total. The molecule has 0 heterocycles. The van der Waals surface area contributed by atoms with Gasteiger partial charge in [-0.1, -0.05) is 23.8 Å². The SMILES string of the molecule is COc1ccc(CC(N)c2c(C)cc(C)cc2C)cc1Br. The molecule has 0 amide bonds. The lowest BCUT2D eigenvalue weighted by atomic mass is 9.91. The molecule has 0 spiro atoms. The van der Waals surface area contributed by atoms with Crippen molar-refractivity contribution in [2.75, 3.05) is 7.11 Å². The zero-order valence-corrected chi connectivity index (χ0v) is 14.6. The minimum absolute atomic E-state index is 0.00546. The van der Waals surface area contributed by atoms with E-state index in [1.165, 1.54) is 27.8 Å². The van der Waals surface area contributed by atoms with E-state index >= 15 is 0 Å². The molecule has 3 heteroatoms. The van der Waals surface area contributed by atoms with E-state index in [9.17, 15) is 0 Å². The molecule has 0 radical (unpaired) electrons. The van der Waals surface area contributed by atoms with Crippen molar-refractivity contribution in [3.05, 3.63) is 62.6 Å². The smallest absolute Gasteiger partial charge is 0.133 e. The summed E-state index contributed by atoms with van der Waals surface area (Å²) in [4.78, 5) is 0. The highest BCUT2D eigenvalue weighted by Crippen LogP contribution is 2.29. The fourth-order valence-corrected chi connectivity index (χ4v) is 3.56. The van der Waals surface area contributed by atoms with E-state index in [0.29, 0.717) is 0 Å². The molecule has 1 unspecified atom stereocenters. The monoisotopic (exact) mass is 347 g/mol. The number of aryl methyl sites for hydroxylation is 3. The molecule has 21 heavy (non-hydrogen) atoms. The van der Waals surface area contributed by atoms with Crippen molar-refractivity contribution in [3.8, 4) is 5.75 Å². The maximum absolute atomic E-state index is 6.45. The fraction of sp³-hybridized carbons (Fsp3) is 0.333.